The lowest BCUT2D eigenvalue weighted by Gasteiger charge is -2.48. The van der Waals surface area contributed by atoms with Gasteiger partial charge in [0.05, 0.1) is 25.2 Å². The van der Waals surface area contributed by atoms with Crippen molar-refractivity contribution in [1.29, 1.82) is 0 Å². The third-order valence-electron chi connectivity index (χ3n) is 5.82. The van der Waals surface area contributed by atoms with Crippen LogP contribution in [-0.4, -0.2) is 45.0 Å². The number of carbonyl (C=O) groups excluding carboxylic acids is 1. The summed E-state index contributed by atoms with van der Waals surface area (Å²) in [7, 11) is -0.939. The number of hydrogen-bond donors (Lipinski definition) is 0. The monoisotopic (exact) mass is 443 g/mol. The van der Waals surface area contributed by atoms with E-state index in [1.807, 2.05) is 30.3 Å². The molecule has 2 aromatic rings. The summed E-state index contributed by atoms with van der Waals surface area (Å²) in [6, 6.07) is 12.4. The SMILES string of the molecule is C=C(c1ccccc1)[C@@H]1C[C@H](CCC(=O)OC)N1S(=O)(=O)c1c(C)cc(OC)cc1C. The summed E-state index contributed by atoms with van der Waals surface area (Å²) < 4.78 is 39.3. The molecule has 1 aliphatic rings. The largest absolute Gasteiger partial charge is 0.497 e. The molecule has 0 aromatic heterocycles. The number of nitrogens with zero attached hydrogens (tertiary/aromatic N) is 1. The van der Waals surface area contributed by atoms with Gasteiger partial charge in [0.1, 0.15) is 5.75 Å². The minimum Gasteiger partial charge on any atom is -0.497 e. The van der Waals surface area contributed by atoms with Crippen LogP contribution in [0, 0.1) is 13.8 Å². The number of hydrogen-bond acceptors (Lipinski definition) is 5. The molecule has 0 spiro atoms. The first kappa shape index (κ1) is 23.0. The van der Waals surface area contributed by atoms with Crippen LogP contribution in [0.15, 0.2) is 53.9 Å². The first-order valence-corrected chi connectivity index (χ1v) is 11.6. The Morgan fingerprint density at radius 3 is 2.29 bits per heavy atom. The van der Waals surface area contributed by atoms with E-state index in [1.165, 1.54) is 11.4 Å². The molecule has 1 heterocycles. The van der Waals surface area contributed by atoms with E-state index < -0.39 is 10.0 Å². The van der Waals surface area contributed by atoms with Crippen molar-refractivity contribution in [2.24, 2.45) is 0 Å². The summed E-state index contributed by atoms with van der Waals surface area (Å²) >= 11 is 0. The van der Waals surface area contributed by atoms with E-state index >= 15 is 0 Å². The van der Waals surface area contributed by atoms with Gasteiger partial charge in [-0.15, -0.1) is 0 Å². The summed E-state index contributed by atoms with van der Waals surface area (Å²) in [5, 5.41) is 0. The first-order valence-electron chi connectivity index (χ1n) is 10.2. The van der Waals surface area contributed by atoms with Gasteiger partial charge < -0.3 is 9.47 Å². The smallest absolute Gasteiger partial charge is 0.305 e. The van der Waals surface area contributed by atoms with Crippen molar-refractivity contribution in [3.63, 3.8) is 0 Å². The third-order valence-corrected chi connectivity index (χ3v) is 8.09. The van der Waals surface area contributed by atoms with Crippen LogP contribution in [0.2, 0.25) is 0 Å². The van der Waals surface area contributed by atoms with Crippen molar-refractivity contribution in [2.45, 2.75) is 50.1 Å². The zero-order chi connectivity index (χ0) is 22.8. The maximum atomic E-state index is 13.9. The molecule has 31 heavy (non-hydrogen) atoms. The van der Waals surface area contributed by atoms with Gasteiger partial charge in [0.25, 0.3) is 0 Å². The molecule has 166 valence electrons. The number of rotatable bonds is 8. The topological polar surface area (TPSA) is 72.9 Å². The van der Waals surface area contributed by atoms with E-state index in [1.54, 1.807) is 33.1 Å². The molecule has 0 unspecified atom stereocenters. The van der Waals surface area contributed by atoms with Gasteiger partial charge in [0.2, 0.25) is 10.0 Å². The molecular formula is C24H29NO5S. The number of esters is 1. The third kappa shape index (κ3) is 4.52. The van der Waals surface area contributed by atoms with E-state index in [9.17, 15) is 13.2 Å². The zero-order valence-electron chi connectivity index (χ0n) is 18.4. The summed E-state index contributed by atoms with van der Waals surface area (Å²) in [6.45, 7) is 7.75. The predicted octanol–water partition coefficient (Wildman–Crippen LogP) is 4.11. The van der Waals surface area contributed by atoms with E-state index in [0.29, 0.717) is 29.7 Å². The summed E-state index contributed by atoms with van der Waals surface area (Å²) in [5.74, 6) is 0.268. The van der Waals surface area contributed by atoms with Crippen molar-refractivity contribution >= 4 is 21.6 Å². The molecule has 3 rings (SSSR count). The highest BCUT2D eigenvalue weighted by Crippen LogP contribution is 2.42. The number of ether oxygens (including phenoxy) is 2. The van der Waals surface area contributed by atoms with Gasteiger partial charge >= 0.3 is 5.97 Å². The Labute approximate surface area is 184 Å². The molecule has 0 amide bonds. The van der Waals surface area contributed by atoms with Gasteiger partial charge in [-0.2, -0.15) is 4.31 Å². The number of benzene rings is 2. The molecule has 2 aromatic carbocycles. The Hall–Kier alpha value is -2.64. The molecule has 7 heteroatoms. The van der Waals surface area contributed by atoms with Gasteiger partial charge in [-0.05, 0) is 61.1 Å². The lowest BCUT2D eigenvalue weighted by Crippen LogP contribution is -2.58. The highest BCUT2D eigenvalue weighted by molar-refractivity contribution is 7.89. The van der Waals surface area contributed by atoms with Crippen LogP contribution in [0.3, 0.4) is 0 Å². The lowest BCUT2D eigenvalue weighted by molar-refractivity contribution is -0.141. The van der Waals surface area contributed by atoms with Gasteiger partial charge in [0.15, 0.2) is 0 Å². The van der Waals surface area contributed by atoms with Crippen LogP contribution >= 0.6 is 0 Å². The lowest BCUT2D eigenvalue weighted by atomic mass is 9.85. The normalized spacial score (nSPS) is 18.8. The highest BCUT2D eigenvalue weighted by atomic mass is 32.2. The average Bonchev–Trinajstić information content (AvgIpc) is 2.71. The van der Waals surface area contributed by atoms with Gasteiger partial charge in [-0.1, -0.05) is 36.9 Å². The second-order valence-corrected chi connectivity index (χ2v) is 9.62. The van der Waals surface area contributed by atoms with Crippen LogP contribution in [0.25, 0.3) is 5.57 Å². The van der Waals surface area contributed by atoms with E-state index in [-0.39, 0.29) is 29.4 Å². The van der Waals surface area contributed by atoms with Gasteiger partial charge in [-0.25, -0.2) is 8.42 Å². The zero-order valence-corrected chi connectivity index (χ0v) is 19.2. The summed E-state index contributed by atoms with van der Waals surface area (Å²) in [4.78, 5) is 12.0. The van der Waals surface area contributed by atoms with Gasteiger partial charge in [0, 0.05) is 12.5 Å². The van der Waals surface area contributed by atoms with Gasteiger partial charge in [-0.3, -0.25) is 4.79 Å². The van der Waals surface area contributed by atoms with Crippen molar-refractivity contribution in [1.82, 2.24) is 4.31 Å². The summed E-state index contributed by atoms with van der Waals surface area (Å²) in [5.41, 5.74) is 2.91. The number of aryl methyl sites for hydroxylation is 2. The number of carbonyl (C=O) groups is 1. The Bertz CT molecular complexity index is 1060. The molecule has 0 aliphatic carbocycles. The Balaban J connectivity index is 2.00. The molecule has 6 nitrogen and oxygen atoms in total. The van der Waals surface area contributed by atoms with Crippen molar-refractivity contribution in [2.75, 3.05) is 14.2 Å². The molecule has 1 fully saturated rings. The molecule has 0 saturated carbocycles. The van der Waals surface area contributed by atoms with Crippen LogP contribution < -0.4 is 4.74 Å². The van der Waals surface area contributed by atoms with Crippen molar-refractivity contribution < 1.29 is 22.7 Å². The standard InChI is InChI=1S/C24H29NO5S/c1-16-13-21(29-4)14-17(2)24(16)31(27,28)25-20(11-12-23(26)30-5)15-22(25)18(3)19-9-7-6-8-10-19/h6-10,13-14,20,22H,3,11-12,15H2,1-2,4-5H3/t20-,22-/m0/s1. The number of sulfonamides is 1. The van der Waals surface area contributed by atoms with Crippen molar-refractivity contribution in [3.8, 4) is 5.75 Å². The fourth-order valence-corrected chi connectivity index (χ4v) is 6.53. The minimum absolute atomic E-state index is 0.165. The number of methoxy groups -OCH3 is 2. The van der Waals surface area contributed by atoms with E-state index in [2.05, 4.69) is 6.58 Å². The molecule has 0 N–H and O–H groups in total. The fourth-order valence-electron chi connectivity index (χ4n) is 4.26. The van der Waals surface area contributed by atoms with E-state index in [0.717, 1.165) is 11.1 Å². The second kappa shape index (κ2) is 9.24. The Kier molecular flexibility index (Phi) is 6.86. The molecule has 2 atom stereocenters. The molecule has 0 bridgehead atoms. The Morgan fingerprint density at radius 1 is 1.13 bits per heavy atom. The highest BCUT2D eigenvalue weighted by Gasteiger charge is 2.48. The minimum atomic E-state index is -3.83. The molecule has 0 radical (unpaired) electrons. The first-order chi connectivity index (χ1) is 14.7. The quantitative estimate of drug-likeness (QED) is 0.574. The second-order valence-electron chi connectivity index (χ2n) is 7.84. The molecule has 1 saturated heterocycles. The summed E-state index contributed by atoms with van der Waals surface area (Å²) in [6.07, 6.45) is 1.18. The van der Waals surface area contributed by atoms with Crippen LogP contribution in [0.5, 0.6) is 5.75 Å². The maximum Gasteiger partial charge on any atom is 0.305 e. The molecular weight excluding hydrogens is 414 g/mol. The maximum absolute atomic E-state index is 13.9. The van der Waals surface area contributed by atoms with Crippen LogP contribution in [0.1, 0.15) is 36.0 Å². The molecule has 1 aliphatic heterocycles. The fraction of sp³-hybridized carbons (Fsp3) is 0.375. The Morgan fingerprint density at radius 2 is 1.74 bits per heavy atom. The van der Waals surface area contributed by atoms with Crippen molar-refractivity contribution in [3.05, 3.63) is 65.7 Å². The van der Waals surface area contributed by atoms with E-state index in [4.69, 9.17) is 9.47 Å². The van der Waals surface area contributed by atoms with Crippen LogP contribution in [0.4, 0.5) is 0 Å². The average molecular weight is 444 g/mol. The van der Waals surface area contributed by atoms with Crippen LogP contribution in [-0.2, 0) is 19.6 Å². The predicted molar refractivity (Wildman–Crippen MR) is 120 cm³/mol.